The molecular weight excluding hydrogens is 290 g/mol. The molecule has 2 aromatic rings. The summed E-state index contributed by atoms with van der Waals surface area (Å²) in [6.07, 6.45) is 3.67. The van der Waals surface area contributed by atoms with Crippen LogP contribution in [-0.2, 0) is 0 Å². The van der Waals surface area contributed by atoms with Gasteiger partial charge in [0.15, 0.2) is 0 Å². The number of hydrogen-bond donors (Lipinski definition) is 2. The number of hydrogen-bond acceptors (Lipinski definition) is 3. The van der Waals surface area contributed by atoms with Gasteiger partial charge in [0.2, 0.25) is 0 Å². The Morgan fingerprint density at radius 1 is 1.33 bits per heavy atom. The van der Waals surface area contributed by atoms with Crippen LogP contribution in [0.5, 0.6) is 0 Å². The molecule has 3 nitrogen and oxygen atoms in total. The van der Waals surface area contributed by atoms with Gasteiger partial charge in [-0.3, -0.25) is 4.98 Å². The summed E-state index contributed by atoms with van der Waals surface area (Å²) in [5, 5.41) is 3.44. The lowest BCUT2D eigenvalue weighted by atomic mass is 10.0. The maximum absolute atomic E-state index is 5.87. The third-order valence-electron chi connectivity index (χ3n) is 2.89. The number of halogens is 1. The summed E-state index contributed by atoms with van der Waals surface area (Å²) in [7, 11) is 0. The van der Waals surface area contributed by atoms with Crippen molar-refractivity contribution in [2.24, 2.45) is 5.73 Å². The summed E-state index contributed by atoms with van der Waals surface area (Å²) < 4.78 is 1.03. The van der Waals surface area contributed by atoms with Crippen LogP contribution in [0.2, 0.25) is 0 Å². The molecule has 0 aliphatic heterocycles. The smallest absolute Gasteiger partial charge is 0.0654 e. The third kappa shape index (κ3) is 2.89. The van der Waals surface area contributed by atoms with E-state index < -0.39 is 0 Å². The van der Waals surface area contributed by atoms with E-state index in [1.807, 2.05) is 36.5 Å². The van der Waals surface area contributed by atoms with Crippen molar-refractivity contribution in [3.63, 3.8) is 0 Å². The number of aryl methyl sites for hydroxylation is 1. The zero-order chi connectivity index (χ0) is 13.0. The number of nitrogens with two attached hydrogens (primary N) is 1. The molecule has 0 amide bonds. The van der Waals surface area contributed by atoms with Crippen molar-refractivity contribution in [2.75, 3.05) is 11.9 Å². The normalized spacial score (nSPS) is 12.2. The van der Waals surface area contributed by atoms with Crippen molar-refractivity contribution in [1.82, 2.24) is 4.98 Å². The van der Waals surface area contributed by atoms with Gasteiger partial charge < -0.3 is 11.1 Å². The highest BCUT2D eigenvalue weighted by Gasteiger charge is 2.13. The molecule has 0 bridgehead atoms. The maximum atomic E-state index is 5.87. The lowest BCUT2D eigenvalue weighted by Gasteiger charge is -2.20. The number of rotatable bonds is 4. The number of nitrogens with one attached hydrogen (secondary N) is 1. The first-order valence-corrected chi connectivity index (χ1v) is 6.63. The highest BCUT2D eigenvalue weighted by atomic mass is 79.9. The second-order valence-electron chi connectivity index (χ2n) is 4.14. The molecule has 0 fully saturated rings. The fraction of sp³-hybridized carbons (Fsp3) is 0.214. The minimum Gasteiger partial charge on any atom is -0.376 e. The Bertz CT molecular complexity index is 528. The minimum absolute atomic E-state index is 0.0670. The first-order chi connectivity index (χ1) is 8.72. The van der Waals surface area contributed by atoms with Crippen LogP contribution in [0.3, 0.4) is 0 Å². The molecule has 0 aliphatic rings. The van der Waals surface area contributed by atoms with Crippen molar-refractivity contribution < 1.29 is 0 Å². The molecule has 1 aromatic carbocycles. The number of para-hydroxylation sites is 1. The predicted octanol–water partition coefficient (Wildman–Crippen LogP) is 3.26. The van der Waals surface area contributed by atoms with Gasteiger partial charge in [-0.15, -0.1) is 0 Å². The van der Waals surface area contributed by atoms with Gasteiger partial charge >= 0.3 is 0 Å². The van der Waals surface area contributed by atoms with Crippen LogP contribution in [0.25, 0.3) is 0 Å². The molecule has 0 aliphatic carbocycles. The molecule has 0 saturated heterocycles. The van der Waals surface area contributed by atoms with Gasteiger partial charge in [-0.2, -0.15) is 0 Å². The maximum Gasteiger partial charge on any atom is 0.0654 e. The molecule has 3 N–H and O–H groups in total. The second-order valence-corrected chi connectivity index (χ2v) is 5.00. The molecule has 0 radical (unpaired) electrons. The van der Waals surface area contributed by atoms with E-state index in [4.69, 9.17) is 5.73 Å². The molecule has 0 saturated carbocycles. The standard InChI is InChI=1S/C14H16BrN3/c1-10-6-7-17-9-11(10)14(8-16)18-13-5-3-2-4-12(13)15/h2-7,9,14,18H,8,16H2,1H3. The monoisotopic (exact) mass is 305 g/mol. The molecular formula is C14H16BrN3. The van der Waals surface area contributed by atoms with Gasteiger partial charge in [0.1, 0.15) is 0 Å². The fourth-order valence-corrected chi connectivity index (χ4v) is 2.27. The summed E-state index contributed by atoms with van der Waals surface area (Å²) in [4.78, 5) is 4.17. The number of aromatic nitrogens is 1. The van der Waals surface area contributed by atoms with E-state index in [9.17, 15) is 0 Å². The van der Waals surface area contributed by atoms with Gasteiger partial charge in [0, 0.05) is 29.1 Å². The van der Waals surface area contributed by atoms with E-state index >= 15 is 0 Å². The van der Waals surface area contributed by atoms with Gasteiger partial charge in [0.05, 0.1) is 6.04 Å². The molecule has 1 unspecified atom stereocenters. The molecule has 18 heavy (non-hydrogen) atoms. The first-order valence-electron chi connectivity index (χ1n) is 5.84. The Morgan fingerprint density at radius 3 is 2.78 bits per heavy atom. The van der Waals surface area contributed by atoms with Crippen molar-refractivity contribution in [2.45, 2.75) is 13.0 Å². The molecule has 1 aromatic heterocycles. The van der Waals surface area contributed by atoms with Crippen LogP contribution >= 0.6 is 15.9 Å². The van der Waals surface area contributed by atoms with Crippen molar-refractivity contribution >= 4 is 21.6 Å². The summed E-state index contributed by atoms with van der Waals surface area (Å²) >= 11 is 3.53. The van der Waals surface area contributed by atoms with Gasteiger partial charge in [-0.1, -0.05) is 12.1 Å². The Morgan fingerprint density at radius 2 is 2.11 bits per heavy atom. The van der Waals surface area contributed by atoms with Crippen LogP contribution in [0.15, 0.2) is 47.2 Å². The Hall–Kier alpha value is -1.39. The zero-order valence-electron chi connectivity index (χ0n) is 10.2. The molecule has 94 valence electrons. The average Bonchev–Trinajstić information content (AvgIpc) is 2.39. The van der Waals surface area contributed by atoms with Gasteiger partial charge in [0.25, 0.3) is 0 Å². The van der Waals surface area contributed by atoms with E-state index in [1.54, 1.807) is 6.20 Å². The van der Waals surface area contributed by atoms with Crippen molar-refractivity contribution in [3.8, 4) is 0 Å². The largest absolute Gasteiger partial charge is 0.376 e. The molecule has 0 spiro atoms. The Kier molecular flexibility index (Phi) is 4.33. The van der Waals surface area contributed by atoms with E-state index in [1.165, 1.54) is 5.56 Å². The van der Waals surface area contributed by atoms with Crippen molar-refractivity contribution in [3.05, 3.63) is 58.3 Å². The van der Waals surface area contributed by atoms with Gasteiger partial charge in [-0.25, -0.2) is 0 Å². The minimum atomic E-state index is 0.0670. The lowest BCUT2D eigenvalue weighted by molar-refractivity contribution is 0.777. The van der Waals surface area contributed by atoms with Crippen molar-refractivity contribution in [1.29, 1.82) is 0 Å². The van der Waals surface area contributed by atoms with Gasteiger partial charge in [-0.05, 0) is 52.2 Å². The van der Waals surface area contributed by atoms with E-state index in [2.05, 4.69) is 33.2 Å². The first kappa shape index (κ1) is 13.1. The summed E-state index contributed by atoms with van der Waals surface area (Å²) in [5.41, 5.74) is 9.23. The summed E-state index contributed by atoms with van der Waals surface area (Å²) in [5.74, 6) is 0. The highest BCUT2D eigenvalue weighted by Crippen LogP contribution is 2.26. The highest BCUT2D eigenvalue weighted by molar-refractivity contribution is 9.10. The van der Waals surface area contributed by atoms with E-state index in [0.29, 0.717) is 6.54 Å². The SMILES string of the molecule is Cc1ccncc1C(CN)Nc1ccccc1Br. The quantitative estimate of drug-likeness (QED) is 0.911. The van der Waals surface area contributed by atoms with Crippen LogP contribution in [0, 0.1) is 6.92 Å². The Balaban J connectivity index is 2.26. The zero-order valence-corrected chi connectivity index (χ0v) is 11.8. The van der Waals surface area contributed by atoms with Crippen LogP contribution in [0.1, 0.15) is 17.2 Å². The predicted molar refractivity (Wildman–Crippen MR) is 78.5 cm³/mol. The lowest BCUT2D eigenvalue weighted by Crippen LogP contribution is -2.21. The molecule has 4 heteroatoms. The van der Waals surface area contributed by atoms with E-state index in [-0.39, 0.29) is 6.04 Å². The second kappa shape index (κ2) is 5.98. The Labute approximate surface area is 116 Å². The summed E-state index contributed by atoms with van der Waals surface area (Å²) in [6.45, 7) is 2.59. The number of anilines is 1. The fourth-order valence-electron chi connectivity index (χ4n) is 1.87. The van der Waals surface area contributed by atoms with Crippen LogP contribution in [-0.4, -0.2) is 11.5 Å². The molecule has 1 atom stereocenters. The number of pyridine rings is 1. The number of nitrogens with zero attached hydrogens (tertiary/aromatic N) is 1. The summed E-state index contributed by atoms with van der Waals surface area (Å²) in [6, 6.07) is 10.1. The molecule has 1 heterocycles. The van der Waals surface area contributed by atoms with Crippen LogP contribution < -0.4 is 11.1 Å². The molecule has 2 rings (SSSR count). The van der Waals surface area contributed by atoms with Crippen LogP contribution in [0.4, 0.5) is 5.69 Å². The average molecular weight is 306 g/mol. The third-order valence-corrected chi connectivity index (χ3v) is 3.59. The topological polar surface area (TPSA) is 50.9 Å². The number of benzene rings is 1. The van der Waals surface area contributed by atoms with E-state index in [0.717, 1.165) is 15.7 Å².